The third kappa shape index (κ3) is 5.12. The van der Waals surface area contributed by atoms with Gasteiger partial charge in [0, 0.05) is 19.5 Å². The Kier molecular flexibility index (Phi) is 5.18. The molecule has 1 saturated heterocycles. The third-order valence-electron chi connectivity index (χ3n) is 3.62. The lowest BCUT2D eigenvalue weighted by Gasteiger charge is -2.37. The Labute approximate surface area is 132 Å². The summed E-state index contributed by atoms with van der Waals surface area (Å²) in [5, 5.41) is 0. The fraction of sp³-hybridized carbons (Fsp3) is 0.500. The molecule has 1 aliphatic heterocycles. The molecular weight excluding hydrogens is 335 g/mol. The van der Waals surface area contributed by atoms with Crippen molar-refractivity contribution in [1.29, 1.82) is 0 Å². The second kappa shape index (κ2) is 6.77. The highest BCUT2D eigenvalue weighted by molar-refractivity contribution is 7.86. The van der Waals surface area contributed by atoms with Gasteiger partial charge in [0.05, 0.1) is 11.7 Å². The van der Waals surface area contributed by atoms with Crippen LogP contribution in [0.3, 0.4) is 0 Å². The van der Waals surface area contributed by atoms with E-state index in [1.807, 2.05) is 0 Å². The molecule has 9 heteroatoms. The Morgan fingerprint density at radius 2 is 1.96 bits per heavy atom. The van der Waals surface area contributed by atoms with Gasteiger partial charge in [-0.15, -0.1) is 3.89 Å². The number of carbonyl (C=O) groups excluding carboxylic acids is 1. The maximum Gasteiger partial charge on any atom is 0.410 e. The summed E-state index contributed by atoms with van der Waals surface area (Å²) < 4.78 is 66.4. The van der Waals surface area contributed by atoms with Crippen LogP contribution in [-0.4, -0.2) is 44.2 Å². The Balaban J connectivity index is 1.96. The molecule has 0 aromatic heterocycles. The van der Waals surface area contributed by atoms with E-state index in [-0.39, 0.29) is 13.2 Å². The number of carbonyl (C=O) groups is 1. The summed E-state index contributed by atoms with van der Waals surface area (Å²) in [5.41, 5.74) is 0.728. The molecule has 23 heavy (non-hydrogen) atoms. The lowest BCUT2D eigenvalue weighted by atomic mass is 9.95. The highest BCUT2D eigenvalue weighted by Crippen LogP contribution is 2.34. The highest BCUT2D eigenvalue weighted by atomic mass is 32.3. The van der Waals surface area contributed by atoms with Crippen molar-refractivity contribution in [3.8, 4) is 0 Å². The fourth-order valence-electron chi connectivity index (χ4n) is 2.37. The van der Waals surface area contributed by atoms with Gasteiger partial charge >= 0.3 is 16.3 Å². The van der Waals surface area contributed by atoms with Gasteiger partial charge < -0.3 is 9.64 Å². The number of alkyl halides is 2. The monoisotopic (exact) mass is 351 g/mol. The van der Waals surface area contributed by atoms with Crippen molar-refractivity contribution in [2.45, 2.75) is 19.0 Å². The Morgan fingerprint density at radius 3 is 2.57 bits per heavy atom. The molecule has 1 heterocycles. The first-order valence-electron chi connectivity index (χ1n) is 6.93. The van der Waals surface area contributed by atoms with E-state index in [0.717, 1.165) is 10.5 Å². The van der Waals surface area contributed by atoms with E-state index in [4.69, 9.17) is 4.74 Å². The molecule has 2 rings (SSSR count). The van der Waals surface area contributed by atoms with Crippen molar-refractivity contribution in [2.75, 3.05) is 18.8 Å². The quantitative estimate of drug-likeness (QED) is 0.782. The number of amides is 1. The van der Waals surface area contributed by atoms with Gasteiger partial charge in [-0.3, -0.25) is 0 Å². The number of hydrogen-bond donors (Lipinski definition) is 0. The Morgan fingerprint density at radius 1 is 1.30 bits per heavy atom. The van der Waals surface area contributed by atoms with E-state index in [1.54, 1.807) is 30.3 Å². The lowest BCUT2D eigenvalue weighted by Crippen LogP contribution is -2.51. The second-order valence-electron chi connectivity index (χ2n) is 5.40. The number of ether oxygens (including phenoxy) is 1. The van der Waals surface area contributed by atoms with Gasteiger partial charge in [-0.25, -0.2) is 13.6 Å². The summed E-state index contributed by atoms with van der Waals surface area (Å²) in [6.45, 7) is -0.869. The van der Waals surface area contributed by atoms with Crippen molar-refractivity contribution in [1.82, 2.24) is 4.90 Å². The van der Waals surface area contributed by atoms with E-state index in [9.17, 15) is 25.9 Å². The molecule has 1 aliphatic rings. The summed E-state index contributed by atoms with van der Waals surface area (Å²) in [6, 6.07) is 8.77. The van der Waals surface area contributed by atoms with Crippen LogP contribution in [0, 0.1) is 5.92 Å². The number of hydrogen-bond acceptors (Lipinski definition) is 4. The normalized spacial score (nSPS) is 21.0. The molecule has 1 amide bonds. The number of rotatable bonds is 4. The molecule has 0 bridgehead atoms. The number of benzene rings is 1. The molecule has 1 atom stereocenters. The van der Waals surface area contributed by atoms with Crippen molar-refractivity contribution in [2.24, 2.45) is 5.92 Å². The SMILES string of the molecule is O=C(OCc1ccccc1)N1CCC(F)(F)C(CS(=O)(=O)F)C1. The molecule has 0 saturated carbocycles. The van der Waals surface area contributed by atoms with Gasteiger partial charge in [-0.1, -0.05) is 30.3 Å². The number of halogens is 3. The first-order chi connectivity index (χ1) is 10.7. The van der Waals surface area contributed by atoms with Crippen molar-refractivity contribution in [3.05, 3.63) is 35.9 Å². The van der Waals surface area contributed by atoms with E-state index >= 15 is 0 Å². The van der Waals surface area contributed by atoms with Gasteiger partial charge in [0.1, 0.15) is 6.61 Å². The number of piperidine rings is 1. The zero-order chi connectivity index (χ0) is 17.1. The maximum atomic E-state index is 13.7. The minimum Gasteiger partial charge on any atom is -0.445 e. The van der Waals surface area contributed by atoms with Crippen LogP contribution in [0.25, 0.3) is 0 Å². The largest absolute Gasteiger partial charge is 0.445 e. The van der Waals surface area contributed by atoms with Crippen molar-refractivity contribution in [3.63, 3.8) is 0 Å². The van der Waals surface area contributed by atoms with E-state index in [2.05, 4.69) is 0 Å². The van der Waals surface area contributed by atoms with Crippen LogP contribution >= 0.6 is 0 Å². The molecule has 0 N–H and O–H groups in total. The zero-order valence-electron chi connectivity index (χ0n) is 12.1. The molecule has 1 aromatic carbocycles. The molecule has 1 aromatic rings. The maximum absolute atomic E-state index is 13.7. The van der Waals surface area contributed by atoms with Crippen LogP contribution in [-0.2, 0) is 21.6 Å². The number of nitrogens with zero attached hydrogens (tertiary/aromatic N) is 1. The van der Waals surface area contributed by atoms with Gasteiger partial charge in [-0.05, 0) is 5.56 Å². The van der Waals surface area contributed by atoms with Crippen LogP contribution in [0.2, 0.25) is 0 Å². The minimum atomic E-state index is -5.06. The summed E-state index contributed by atoms with van der Waals surface area (Å²) in [4.78, 5) is 12.9. The van der Waals surface area contributed by atoms with Crippen molar-refractivity contribution < 1.29 is 30.6 Å². The standard InChI is InChI=1S/C14H16F3NO4S/c15-14(16)6-7-18(8-12(14)10-23(17,20)21)13(19)22-9-11-4-2-1-3-5-11/h1-5,12H,6-10H2. The fourth-order valence-corrected chi connectivity index (χ4v) is 3.20. The molecule has 0 aliphatic carbocycles. The lowest BCUT2D eigenvalue weighted by molar-refractivity contribution is -0.0942. The smallest absolute Gasteiger partial charge is 0.410 e. The first kappa shape index (κ1) is 17.6. The second-order valence-corrected chi connectivity index (χ2v) is 6.81. The topological polar surface area (TPSA) is 63.7 Å². The Bertz CT molecular complexity index is 651. The van der Waals surface area contributed by atoms with Crippen LogP contribution in [0.5, 0.6) is 0 Å². The predicted molar refractivity (Wildman–Crippen MR) is 76.1 cm³/mol. The molecule has 0 radical (unpaired) electrons. The van der Waals surface area contributed by atoms with Gasteiger partial charge in [0.2, 0.25) is 0 Å². The van der Waals surface area contributed by atoms with E-state index in [1.165, 1.54) is 0 Å². The van der Waals surface area contributed by atoms with Crippen LogP contribution in [0.15, 0.2) is 30.3 Å². The predicted octanol–water partition coefficient (Wildman–Crippen LogP) is 2.58. The highest BCUT2D eigenvalue weighted by Gasteiger charge is 2.47. The molecule has 0 spiro atoms. The van der Waals surface area contributed by atoms with Crippen LogP contribution < -0.4 is 0 Å². The van der Waals surface area contributed by atoms with Gasteiger partial charge in [0.15, 0.2) is 0 Å². The Hall–Kier alpha value is -1.77. The minimum absolute atomic E-state index is 0.0291. The van der Waals surface area contributed by atoms with Gasteiger partial charge in [0.25, 0.3) is 5.92 Å². The molecule has 1 unspecified atom stereocenters. The van der Waals surface area contributed by atoms with Gasteiger partial charge in [-0.2, -0.15) is 8.42 Å². The first-order valence-corrected chi connectivity index (χ1v) is 8.48. The molecular formula is C14H16F3NO4S. The summed E-state index contributed by atoms with van der Waals surface area (Å²) in [6.07, 6.45) is -1.56. The van der Waals surface area contributed by atoms with Crippen molar-refractivity contribution >= 4 is 16.3 Å². The molecule has 1 fully saturated rings. The third-order valence-corrected chi connectivity index (χ3v) is 4.42. The van der Waals surface area contributed by atoms with Crippen LogP contribution in [0.4, 0.5) is 17.5 Å². The van der Waals surface area contributed by atoms with Crippen LogP contribution in [0.1, 0.15) is 12.0 Å². The summed E-state index contributed by atoms with van der Waals surface area (Å²) >= 11 is 0. The zero-order valence-corrected chi connectivity index (χ0v) is 12.9. The molecule has 5 nitrogen and oxygen atoms in total. The van der Waals surface area contributed by atoms with E-state index in [0.29, 0.717) is 0 Å². The summed E-state index contributed by atoms with van der Waals surface area (Å²) in [5.74, 6) is -6.44. The molecule has 128 valence electrons. The summed E-state index contributed by atoms with van der Waals surface area (Å²) in [7, 11) is -5.06. The average Bonchev–Trinajstić information content (AvgIpc) is 2.46. The van der Waals surface area contributed by atoms with E-state index < -0.39 is 46.9 Å². The number of likely N-dealkylation sites (tertiary alicyclic amines) is 1. The average molecular weight is 351 g/mol.